The van der Waals surface area contributed by atoms with E-state index in [4.69, 9.17) is 9.47 Å². The maximum absolute atomic E-state index is 11.8. The van der Waals surface area contributed by atoms with Gasteiger partial charge in [0.25, 0.3) is 6.43 Å². The molecule has 0 amide bonds. The number of nitrogens with one attached hydrogen (secondary N) is 1. The molecule has 2 unspecified atom stereocenters. The van der Waals surface area contributed by atoms with Crippen LogP contribution >= 0.6 is 0 Å². The minimum Gasteiger partial charge on any atom is -0.379 e. The lowest BCUT2D eigenvalue weighted by Crippen LogP contribution is -2.46. The van der Waals surface area contributed by atoms with Crippen LogP contribution in [0.15, 0.2) is 0 Å². The lowest BCUT2D eigenvalue weighted by molar-refractivity contribution is -0.0943. The molecule has 1 saturated heterocycles. The highest BCUT2D eigenvalue weighted by Gasteiger charge is 2.25. The Hall–Kier alpha value is -0.260. The molecule has 0 aromatic heterocycles. The second kappa shape index (κ2) is 5.47. The number of rotatable bonds is 4. The van der Waals surface area contributed by atoms with Crippen molar-refractivity contribution in [2.75, 3.05) is 26.9 Å². The third kappa shape index (κ3) is 3.54. The van der Waals surface area contributed by atoms with Crippen molar-refractivity contribution in [2.45, 2.75) is 25.0 Å². The first kappa shape index (κ1) is 10.8. The summed E-state index contributed by atoms with van der Waals surface area (Å²) in [7, 11) is 1.80. The van der Waals surface area contributed by atoms with E-state index in [0.717, 1.165) is 6.42 Å². The summed E-state index contributed by atoms with van der Waals surface area (Å²) >= 11 is 0. The molecule has 1 heterocycles. The molecule has 2 atom stereocenters. The first-order valence-corrected chi connectivity index (χ1v) is 4.38. The van der Waals surface area contributed by atoms with Crippen molar-refractivity contribution < 1.29 is 18.3 Å². The molecule has 0 aliphatic carbocycles. The summed E-state index contributed by atoms with van der Waals surface area (Å²) in [5, 5.41) is 3.03. The lowest BCUT2D eigenvalue weighted by Gasteiger charge is -2.31. The molecule has 3 nitrogen and oxygen atoms in total. The number of ether oxygens (including phenoxy) is 2. The summed E-state index contributed by atoms with van der Waals surface area (Å²) in [5.41, 5.74) is 0. The zero-order valence-corrected chi connectivity index (χ0v) is 7.63. The van der Waals surface area contributed by atoms with Gasteiger partial charge in [-0.2, -0.15) is 0 Å². The molecule has 1 fully saturated rings. The largest absolute Gasteiger partial charge is 0.379 e. The van der Waals surface area contributed by atoms with E-state index >= 15 is 0 Å². The maximum atomic E-state index is 11.8. The minimum atomic E-state index is -2.40. The second-order valence-electron chi connectivity index (χ2n) is 3.02. The van der Waals surface area contributed by atoms with Crippen molar-refractivity contribution in [3.05, 3.63) is 0 Å². The summed E-state index contributed by atoms with van der Waals surface area (Å²) in [6, 6.07) is 0.132. The molecule has 78 valence electrons. The Morgan fingerprint density at radius 2 is 2.38 bits per heavy atom. The lowest BCUT2D eigenvalue weighted by atomic mass is 10.1. The molecule has 1 aliphatic heterocycles. The molecule has 0 radical (unpaired) electrons. The van der Waals surface area contributed by atoms with E-state index in [1.165, 1.54) is 0 Å². The number of alkyl halides is 2. The van der Waals surface area contributed by atoms with Crippen LogP contribution < -0.4 is 5.32 Å². The molecule has 0 aromatic carbocycles. The summed E-state index contributed by atoms with van der Waals surface area (Å²) in [4.78, 5) is 0. The first-order valence-electron chi connectivity index (χ1n) is 4.38. The molecule has 0 bridgehead atoms. The Morgan fingerprint density at radius 3 is 3.00 bits per heavy atom. The fraction of sp³-hybridized carbons (Fsp3) is 1.00. The van der Waals surface area contributed by atoms with Crippen LogP contribution in [0.5, 0.6) is 0 Å². The van der Waals surface area contributed by atoms with Gasteiger partial charge in [0, 0.05) is 12.6 Å². The Balaban J connectivity index is 2.27. The van der Waals surface area contributed by atoms with Crippen molar-refractivity contribution in [2.24, 2.45) is 0 Å². The van der Waals surface area contributed by atoms with Gasteiger partial charge in [0.05, 0.1) is 12.7 Å². The first-order chi connectivity index (χ1) is 6.24. The highest BCUT2D eigenvalue weighted by atomic mass is 19.3. The maximum Gasteiger partial charge on any atom is 0.261 e. The molecular formula is C8H15F2NO2. The van der Waals surface area contributed by atoms with Gasteiger partial charge in [0.1, 0.15) is 6.61 Å². The van der Waals surface area contributed by atoms with Crippen LogP contribution in [0.1, 0.15) is 6.42 Å². The highest BCUT2D eigenvalue weighted by molar-refractivity contribution is 4.79. The van der Waals surface area contributed by atoms with Crippen LogP contribution in [0.4, 0.5) is 8.78 Å². The Kier molecular flexibility index (Phi) is 4.55. The van der Waals surface area contributed by atoms with Crippen LogP contribution in [0.25, 0.3) is 0 Å². The standard InChI is InChI=1S/C8H15F2NO2/c1-11-6-2-3-12-4-7(6)13-5-8(9)10/h6-8,11H,2-5H2,1H3. The topological polar surface area (TPSA) is 30.5 Å². The molecule has 13 heavy (non-hydrogen) atoms. The zero-order chi connectivity index (χ0) is 9.68. The van der Waals surface area contributed by atoms with Crippen LogP contribution in [0, 0.1) is 0 Å². The van der Waals surface area contributed by atoms with E-state index in [2.05, 4.69) is 5.32 Å². The summed E-state index contributed by atoms with van der Waals surface area (Å²) < 4.78 is 33.8. The fourth-order valence-electron chi connectivity index (χ4n) is 1.40. The fourth-order valence-corrected chi connectivity index (χ4v) is 1.40. The summed E-state index contributed by atoms with van der Waals surface area (Å²) in [6.07, 6.45) is -1.84. The Labute approximate surface area is 76.4 Å². The van der Waals surface area contributed by atoms with Crippen LogP contribution in [0.3, 0.4) is 0 Å². The molecule has 1 rings (SSSR count). The van der Waals surface area contributed by atoms with E-state index in [9.17, 15) is 8.78 Å². The van der Waals surface area contributed by atoms with Gasteiger partial charge in [-0.1, -0.05) is 0 Å². The van der Waals surface area contributed by atoms with E-state index < -0.39 is 13.0 Å². The third-order valence-electron chi connectivity index (χ3n) is 2.11. The molecule has 0 spiro atoms. The molecule has 1 N–H and O–H groups in total. The predicted molar refractivity (Wildman–Crippen MR) is 44.0 cm³/mol. The van der Waals surface area contributed by atoms with Crippen molar-refractivity contribution in [1.82, 2.24) is 5.32 Å². The van der Waals surface area contributed by atoms with Gasteiger partial charge in [-0.3, -0.25) is 0 Å². The van der Waals surface area contributed by atoms with E-state index in [1.54, 1.807) is 7.05 Å². The monoisotopic (exact) mass is 195 g/mol. The Bertz CT molecular complexity index is 146. The van der Waals surface area contributed by atoms with Crippen molar-refractivity contribution in [3.8, 4) is 0 Å². The zero-order valence-electron chi connectivity index (χ0n) is 7.63. The molecule has 5 heteroatoms. The molecule has 0 saturated carbocycles. The van der Waals surface area contributed by atoms with Gasteiger partial charge in [0.2, 0.25) is 0 Å². The van der Waals surface area contributed by atoms with Crippen LogP contribution in [-0.2, 0) is 9.47 Å². The van der Waals surface area contributed by atoms with Crippen molar-refractivity contribution >= 4 is 0 Å². The van der Waals surface area contributed by atoms with Crippen molar-refractivity contribution in [1.29, 1.82) is 0 Å². The molecule has 0 aromatic rings. The number of hydrogen-bond acceptors (Lipinski definition) is 3. The predicted octanol–water partition coefficient (Wildman–Crippen LogP) is 0.645. The summed E-state index contributed by atoms with van der Waals surface area (Å²) in [6.45, 7) is 0.560. The normalized spacial score (nSPS) is 29.5. The second-order valence-corrected chi connectivity index (χ2v) is 3.02. The van der Waals surface area contributed by atoms with Gasteiger partial charge in [-0.05, 0) is 13.5 Å². The van der Waals surface area contributed by atoms with Crippen molar-refractivity contribution in [3.63, 3.8) is 0 Å². The number of likely N-dealkylation sites (N-methyl/N-ethyl adjacent to an activating group) is 1. The molecule has 1 aliphatic rings. The minimum absolute atomic E-state index is 0.132. The van der Waals surface area contributed by atoms with Gasteiger partial charge in [0.15, 0.2) is 0 Å². The van der Waals surface area contributed by atoms with Gasteiger partial charge in [-0.15, -0.1) is 0 Å². The summed E-state index contributed by atoms with van der Waals surface area (Å²) in [5.74, 6) is 0. The number of hydrogen-bond donors (Lipinski definition) is 1. The van der Waals surface area contributed by atoms with Gasteiger partial charge >= 0.3 is 0 Å². The smallest absolute Gasteiger partial charge is 0.261 e. The highest BCUT2D eigenvalue weighted by Crippen LogP contribution is 2.11. The van der Waals surface area contributed by atoms with E-state index in [1.807, 2.05) is 0 Å². The van der Waals surface area contributed by atoms with E-state index in [-0.39, 0.29) is 12.1 Å². The third-order valence-corrected chi connectivity index (χ3v) is 2.11. The van der Waals surface area contributed by atoms with Crippen LogP contribution in [-0.4, -0.2) is 45.4 Å². The van der Waals surface area contributed by atoms with E-state index in [0.29, 0.717) is 13.2 Å². The Morgan fingerprint density at radius 1 is 1.62 bits per heavy atom. The average molecular weight is 195 g/mol. The average Bonchev–Trinajstić information content (AvgIpc) is 2.15. The number of halogens is 2. The quantitative estimate of drug-likeness (QED) is 0.714. The SMILES string of the molecule is CNC1CCOCC1OCC(F)F. The molecular weight excluding hydrogens is 180 g/mol. The van der Waals surface area contributed by atoms with Crippen LogP contribution in [0.2, 0.25) is 0 Å². The van der Waals surface area contributed by atoms with Gasteiger partial charge < -0.3 is 14.8 Å². The van der Waals surface area contributed by atoms with Gasteiger partial charge in [-0.25, -0.2) is 8.78 Å².